The summed E-state index contributed by atoms with van der Waals surface area (Å²) in [6, 6.07) is 12.1. The van der Waals surface area contributed by atoms with Gasteiger partial charge in [-0.25, -0.2) is 0 Å². The van der Waals surface area contributed by atoms with E-state index in [1.54, 1.807) is 48.5 Å². The second-order valence-corrected chi connectivity index (χ2v) is 6.59. The Labute approximate surface area is 160 Å². The lowest BCUT2D eigenvalue weighted by Gasteiger charge is -2.25. The van der Waals surface area contributed by atoms with Crippen LogP contribution in [0.15, 0.2) is 54.1 Å². The van der Waals surface area contributed by atoms with Crippen molar-refractivity contribution in [1.82, 2.24) is 4.90 Å². The maximum atomic E-state index is 12.6. The molecule has 1 unspecified atom stereocenters. The highest BCUT2D eigenvalue weighted by atomic mass is 35.5. The third-order valence-corrected chi connectivity index (χ3v) is 4.79. The van der Waals surface area contributed by atoms with Gasteiger partial charge in [0.2, 0.25) is 0 Å². The number of halogens is 2. The molecule has 1 amide bonds. The molecule has 0 spiro atoms. The summed E-state index contributed by atoms with van der Waals surface area (Å²) in [5.41, 5.74) is 0.782. The summed E-state index contributed by atoms with van der Waals surface area (Å²) in [5.74, 6) is -1.93. The van der Waals surface area contributed by atoms with Crippen molar-refractivity contribution in [3.8, 4) is 0 Å². The van der Waals surface area contributed by atoms with Crippen LogP contribution in [0.1, 0.15) is 17.2 Å². The fourth-order valence-corrected chi connectivity index (χ4v) is 3.37. The van der Waals surface area contributed by atoms with Crippen molar-refractivity contribution >= 4 is 40.7 Å². The monoisotopic (exact) mass is 391 g/mol. The molecule has 0 aromatic heterocycles. The van der Waals surface area contributed by atoms with Gasteiger partial charge < -0.3 is 15.1 Å². The van der Waals surface area contributed by atoms with Gasteiger partial charge in [0.1, 0.15) is 5.76 Å². The lowest BCUT2D eigenvalue weighted by Crippen LogP contribution is -2.32. The van der Waals surface area contributed by atoms with Gasteiger partial charge >= 0.3 is 0 Å². The van der Waals surface area contributed by atoms with Gasteiger partial charge in [-0.15, -0.1) is 0 Å². The average molecular weight is 392 g/mol. The van der Waals surface area contributed by atoms with Crippen molar-refractivity contribution in [2.45, 2.75) is 6.04 Å². The molecule has 7 heteroatoms. The van der Waals surface area contributed by atoms with Gasteiger partial charge in [-0.1, -0.05) is 41.4 Å². The molecule has 1 aliphatic rings. The number of β-amino-alcohol motifs (C(OH)–C–C–N with tert-alkyl or cyclic N) is 1. The molecule has 0 aliphatic carbocycles. The lowest BCUT2D eigenvalue weighted by molar-refractivity contribution is -0.140. The molecule has 2 aromatic rings. The Kier molecular flexibility index (Phi) is 5.32. The average Bonchev–Trinajstić information content (AvgIpc) is 2.87. The quantitative estimate of drug-likeness (QED) is 0.475. The van der Waals surface area contributed by atoms with Crippen LogP contribution in [0, 0.1) is 0 Å². The van der Waals surface area contributed by atoms with E-state index in [1.807, 2.05) is 0 Å². The van der Waals surface area contributed by atoms with E-state index in [2.05, 4.69) is 0 Å². The Morgan fingerprint density at radius 3 is 2.31 bits per heavy atom. The summed E-state index contributed by atoms with van der Waals surface area (Å²) in [6.07, 6.45) is 0. The van der Waals surface area contributed by atoms with E-state index in [0.717, 1.165) is 0 Å². The van der Waals surface area contributed by atoms with Crippen molar-refractivity contribution < 1.29 is 19.8 Å². The first kappa shape index (κ1) is 18.5. The summed E-state index contributed by atoms with van der Waals surface area (Å²) >= 11 is 12.1. The number of aliphatic hydroxyl groups is 2. The molecule has 1 heterocycles. The molecular weight excluding hydrogens is 377 g/mol. The number of aliphatic hydroxyl groups excluding tert-OH is 2. The maximum absolute atomic E-state index is 12.6. The number of likely N-dealkylation sites (tertiary alicyclic amines) is 1. The minimum absolute atomic E-state index is 0.0577. The minimum Gasteiger partial charge on any atom is -0.507 e. The Balaban J connectivity index is 2.21. The van der Waals surface area contributed by atoms with Crippen molar-refractivity contribution in [1.29, 1.82) is 0 Å². The molecule has 3 rings (SSSR count). The van der Waals surface area contributed by atoms with Crippen LogP contribution in [0.3, 0.4) is 0 Å². The van der Waals surface area contributed by atoms with Crippen LogP contribution in [-0.2, 0) is 9.59 Å². The van der Waals surface area contributed by atoms with E-state index >= 15 is 0 Å². The van der Waals surface area contributed by atoms with Crippen LogP contribution in [0.2, 0.25) is 10.0 Å². The fraction of sp³-hybridized carbons (Fsp3) is 0.158. The Morgan fingerprint density at radius 1 is 1.04 bits per heavy atom. The number of Topliss-reactive ketones (excluding diaryl/α,β-unsaturated/α-hetero) is 1. The largest absolute Gasteiger partial charge is 0.507 e. The van der Waals surface area contributed by atoms with E-state index in [9.17, 15) is 19.8 Å². The molecule has 26 heavy (non-hydrogen) atoms. The van der Waals surface area contributed by atoms with Gasteiger partial charge in [0.15, 0.2) is 0 Å². The van der Waals surface area contributed by atoms with Gasteiger partial charge in [-0.05, 0) is 35.9 Å². The van der Waals surface area contributed by atoms with E-state index in [4.69, 9.17) is 23.2 Å². The smallest absolute Gasteiger partial charge is 0.295 e. The normalized spacial score (nSPS) is 19.2. The second kappa shape index (κ2) is 7.50. The summed E-state index contributed by atoms with van der Waals surface area (Å²) in [5, 5.41) is 20.9. The summed E-state index contributed by atoms with van der Waals surface area (Å²) in [4.78, 5) is 26.3. The number of rotatable bonds is 4. The highest BCUT2D eigenvalue weighted by molar-refractivity contribution is 6.47. The number of hydrogen-bond donors (Lipinski definition) is 2. The Bertz CT molecular complexity index is 893. The molecule has 1 atom stereocenters. The number of hydrogen-bond acceptors (Lipinski definition) is 4. The van der Waals surface area contributed by atoms with Gasteiger partial charge in [-0.3, -0.25) is 9.59 Å². The Morgan fingerprint density at radius 2 is 1.69 bits per heavy atom. The summed E-state index contributed by atoms with van der Waals surface area (Å²) in [7, 11) is 0. The fourth-order valence-electron chi connectivity index (χ4n) is 3.00. The Hall–Kier alpha value is -2.34. The van der Waals surface area contributed by atoms with Gasteiger partial charge in [0.25, 0.3) is 11.7 Å². The molecular formula is C19H15Cl2NO4. The molecule has 134 valence electrons. The number of nitrogens with zero attached hydrogens (tertiary/aromatic N) is 1. The van der Waals surface area contributed by atoms with Crippen LogP contribution in [0.5, 0.6) is 0 Å². The minimum atomic E-state index is -0.883. The molecule has 2 N–H and O–H groups in total. The van der Waals surface area contributed by atoms with E-state index < -0.39 is 17.7 Å². The molecule has 0 saturated carbocycles. The zero-order valence-electron chi connectivity index (χ0n) is 13.5. The SMILES string of the molecule is O=C1C(=O)N(CCO)C(c2ccccc2Cl)/C1=C(/O)c1ccc(Cl)cc1. The first-order valence-electron chi connectivity index (χ1n) is 7.85. The molecule has 0 radical (unpaired) electrons. The molecule has 1 fully saturated rings. The predicted molar refractivity (Wildman–Crippen MR) is 99.0 cm³/mol. The van der Waals surface area contributed by atoms with Crippen LogP contribution in [-0.4, -0.2) is 40.0 Å². The molecule has 1 saturated heterocycles. The van der Waals surface area contributed by atoms with Gasteiger partial charge in [-0.2, -0.15) is 0 Å². The lowest BCUT2D eigenvalue weighted by atomic mass is 9.95. The third-order valence-electron chi connectivity index (χ3n) is 4.20. The second-order valence-electron chi connectivity index (χ2n) is 5.74. The van der Waals surface area contributed by atoms with Crippen molar-refractivity contribution in [2.75, 3.05) is 13.2 Å². The van der Waals surface area contributed by atoms with Crippen LogP contribution in [0.4, 0.5) is 0 Å². The number of amides is 1. The maximum Gasteiger partial charge on any atom is 0.295 e. The third kappa shape index (κ3) is 3.21. The van der Waals surface area contributed by atoms with Crippen LogP contribution in [0.25, 0.3) is 5.76 Å². The van der Waals surface area contributed by atoms with Crippen LogP contribution >= 0.6 is 23.2 Å². The zero-order valence-corrected chi connectivity index (χ0v) is 15.0. The van der Waals surface area contributed by atoms with Gasteiger partial charge in [0, 0.05) is 22.2 Å². The standard InChI is InChI=1S/C19H15Cl2NO4/c20-12-7-5-11(6-8-12)17(24)15-16(13-3-1-2-4-14(13)21)22(9-10-23)19(26)18(15)25/h1-8,16,23-24H,9-10H2/b17-15-. The first-order valence-corrected chi connectivity index (χ1v) is 8.61. The molecule has 2 aromatic carbocycles. The van der Waals surface area contributed by atoms with Crippen molar-refractivity contribution in [2.24, 2.45) is 0 Å². The highest BCUT2D eigenvalue weighted by Crippen LogP contribution is 2.41. The predicted octanol–water partition coefficient (Wildman–Crippen LogP) is 3.41. The van der Waals surface area contributed by atoms with Crippen molar-refractivity contribution in [3.05, 3.63) is 75.3 Å². The summed E-state index contributed by atoms with van der Waals surface area (Å²) < 4.78 is 0. The molecule has 1 aliphatic heterocycles. The van der Waals surface area contributed by atoms with E-state index in [1.165, 1.54) is 4.90 Å². The summed E-state index contributed by atoms with van der Waals surface area (Å²) in [6.45, 7) is -0.382. The topological polar surface area (TPSA) is 77.8 Å². The van der Waals surface area contributed by atoms with Gasteiger partial charge in [0.05, 0.1) is 18.2 Å². The van der Waals surface area contributed by atoms with E-state index in [-0.39, 0.29) is 24.5 Å². The highest BCUT2D eigenvalue weighted by Gasteiger charge is 2.46. The number of carbonyl (C=O) groups is 2. The molecule has 5 nitrogen and oxygen atoms in total. The molecule has 0 bridgehead atoms. The zero-order chi connectivity index (χ0) is 18.8. The first-order chi connectivity index (χ1) is 12.5. The number of benzene rings is 2. The van der Waals surface area contributed by atoms with Crippen molar-refractivity contribution in [3.63, 3.8) is 0 Å². The number of ketones is 1. The van der Waals surface area contributed by atoms with E-state index in [0.29, 0.717) is 21.2 Å². The van der Waals surface area contributed by atoms with Crippen LogP contribution < -0.4 is 0 Å². The number of carbonyl (C=O) groups excluding carboxylic acids is 2.